The lowest BCUT2D eigenvalue weighted by Gasteiger charge is -2.32. The molecule has 1 atom stereocenters. The average Bonchev–Trinajstić information content (AvgIpc) is 2.88. The Bertz CT molecular complexity index is 1380. The predicted octanol–water partition coefficient (Wildman–Crippen LogP) is 4.67. The van der Waals surface area contributed by atoms with Crippen molar-refractivity contribution in [3.05, 3.63) is 94.5 Å². The lowest BCUT2D eigenvalue weighted by atomic mass is 10.1. The average molecular weight is 536 g/mol. The highest BCUT2D eigenvalue weighted by Crippen LogP contribution is 2.28. The maximum atomic E-state index is 13.9. The summed E-state index contributed by atoms with van der Waals surface area (Å²) in [4.78, 5) is 28.3. The SMILES string of the molecule is CCNC(=O)[C@@H](C)N(Cc1ccc(C)cc1)C(=O)CN(c1cc(C)ccc1C)S(=O)(=O)c1ccc(C)cc1. The van der Waals surface area contributed by atoms with E-state index in [9.17, 15) is 18.0 Å². The second-order valence-electron chi connectivity index (χ2n) is 9.69. The number of carbonyl (C=O) groups excluding carboxylic acids is 2. The van der Waals surface area contributed by atoms with Gasteiger partial charge >= 0.3 is 0 Å². The van der Waals surface area contributed by atoms with Crippen LogP contribution in [0.4, 0.5) is 5.69 Å². The molecule has 3 rings (SSSR count). The number of amides is 2. The molecule has 0 heterocycles. The van der Waals surface area contributed by atoms with E-state index in [2.05, 4.69) is 5.32 Å². The van der Waals surface area contributed by atoms with Gasteiger partial charge in [-0.05, 0) is 76.4 Å². The molecule has 3 aromatic rings. The molecule has 38 heavy (non-hydrogen) atoms. The first-order valence-electron chi connectivity index (χ1n) is 12.7. The summed E-state index contributed by atoms with van der Waals surface area (Å²) in [7, 11) is -4.09. The molecule has 0 fully saturated rings. The van der Waals surface area contributed by atoms with Crippen molar-refractivity contribution in [2.75, 3.05) is 17.4 Å². The molecular weight excluding hydrogens is 498 g/mol. The van der Waals surface area contributed by atoms with Gasteiger partial charge in [-0.3, -0.25) is 13.9 Å². The molecule has 0 aliphatic carbocycles. The van der Waals surface area contributed by atoms with Gasteiger partial charge in [0, 0.05) is 13.1 Å². The van der Waals surface area contributed by atoms with E-state index in [4.69, 9.17) is 0 Å². The maximum absolute atomic E-state index is 13.9. The van der Waals surface area contributed by atoms with Crippen LogP contribution in [0, 0.1) is 27.7 Å². The summed E-state index contributed by atoms with van der Waals surface area (Å²) in [6.45, 7) is 11.2. The van der Waals surface area contributed by atoms with Gasteiger partial charge in [-0.1, -0.05) is 59.7 Å². The first kappa shape index (κ1) is 28.9. The van der Waals surface area contributed by atoms with Crippen LogP contribution in [0.2, 0.25) is 0 Å². The molecule has 1 N–H and O–H groups in total. The molecule has 0 radical (unpaired) electrons. The topological polar surface area (TPSA) is 86.8 Å². The first-order chi connectivity index (χ1) is 17.9. The van der Waals surface area contributed by atoms with Gasteiger partial charge in [0.25, 0.3) is 10.0 Å². The lowest BCUT2D eigenvalue weighted by Crippen LogP contribution is -2.51. The Kier molecular flexibility index (Phi) is 9.33. The molecule has 3 aromatic carbocycles. The van der Waals surface area contributed by atoms with Gasteiger partial charge in [0.1, 0.15) is 12.6 Å². The van der Waals surface area contributed by atoms with Gasteiger partial charge in [0.15, 0.2) is 0 Å². The standard InChI is InChI=1S/C30H37N3O4S/c1-7-31-30(35)25(6)32(19-26-14-9-21(2)10-15-26)29(34)20-33(28-18-23(4)8-13-24(28)5)38(36,37)27-16-11-22(3)12-17-27/h8-18,25H,7,19-20H2,1-6H3,(H,31,35)/t25-/m1/s1. The van der Waals surface area contributed by atoms with Crippen LogP contribution in [-0.2, 0) is 26.2 Å². The predicted molar refractivity (Wildman–Crippen MR) is 152 cm³/mol. The molecule has 202 valence electrons. The number of nitrogens with one attached hydrogen (secondary N) is 1. The van der Waals surface area contributed by atoms with E-state index in [-0.39, 0.29) is 17.3 Å². The minimum atomic E-state index is -4.09. The van der Waals surface area contributed by atoms with E-state index in [0.717, 1.165) is 32.1 Å². The first-order valence-corrected chi connectivity index (χ1v) is 14.2. The molecule has 8 heteroatoms. The number of sulfonamides is 1. The number of anilines is 1. The third-order valence-corrected chi connectivity index (χ3v) is 8.29. The third kappa shape index (κ3) is 6.81. The fraction of sp³-hybridized carbons (Fsp3) is 0.333. The number of carbonyl (C=O) groups is 2. The summed E-state index contributed by atoms with van der Waals surface area (Å²) in [5, 5.41) is 2.77. The van der Waals surface area contributed by atoms with Gasteiger partial charge in [-0.25, -0.2) is 8.42 Å². The summed E-state index contributed by atoms with van der Waals surface area (Å²) in [5.41, 5.74) is 4.88. The second kappa shape index (κ2) is 12.3. The van der Waals surface area contributed by atoms with Gasteiger partial charge in [0.05, 0.1) is 10.6 Å². The zero-order chi connectivity index (χ0) is 28.0. The smallest absolute Gasteiger partial charge is 0.264 e. The summed E-state index contributed by atoms with van der Waals surface area (Å²) in [5.74, 6) is -0.770. The Hall–Kier alpha value is -3.65. The van der Waals surface area contributed by atoms with Gasteiger partial charge < -0.3 is 10.2 Å². The summed E-state index contributed by atoms with van der Waals surface area (Å²) in [6.07, 6.45) is 0. The monoisotopic (exact) mass is 535 g/mol. The molecule has 0 unspecified atom stereocenters. The van der Waals surface area contributed by atoms with Crippen molar-refractivity contribution >= 4 is 27.5 Å². The largest absolute Gasteiger partial charge is 0.355 e. The molecule has 0 aliphatic heterocycles. The molecule has 0 aromatic heterocycles. The van der Waals surface area contributed by atoms with Crippen LogP contribution in [0.1, 0.15) is 41.7 Å². The normalized spacial score (nSPS) is 12.1. The Morgan fingerprint density at radius 3 is 1.97 bits per heavy atom. The highest BCUT2D eigenvalue weighted by molar-refractivity contribution is 7.92. The number of benzene rings is 3. The number of nitrogens with zero attached hydrogens (tertiary/aromatic N) is 2. The van der Waals surface area contributed by atoms with Crippen molar-refractivity contribution in [1.29, 1.82) is 0 Å². The van der Waals surface area contributed by atoms with E-state index in [1.54, 1.807) is 37.3 Å². The number of rotatable bonds is 10. The molecule has 0 bridgehead atoms. The van der Waals surface area contributed by atoms with Gasteiger partial charge in [-0.15, -0.1) is 0 Å². The van der Waals surface area contributed by atoms with Crippen LogP contribution in [0.3, 0.4) is 0 Å². The van der Waals surface area contributed by atoms with E-state index in [1.807, 2.05) is 71.0 Å². The van der Waals surface area contributed by atoms with E-state index >= 15 is 0 Å². The minimum Gasteiger partial charge on any atom is -0.355 e. The van der Waals surface area contributed by atoms with Crippen molar-refractivity contribution in [3.63, 3.8) is 0 Å². The zero-order valence-electron chi connectivity index (χ0n) is 23.0. The molecule has 0 saturated carbocycles. The van der Waals surface area contributed by atoms with Crippen LogP contribution in [-0.4, -0.2) is 44.3 Å². The molecule has 7 nitrogen and oxygen atoms in total. The van der Waals surface area contributed by atoms with Crippen molar-refractivity contribution in [2.24, 2.45) is 0 Å². The Morgan fingerprint density at radius 2 is 1.39 bits per heavy atom. The number of hydrogen-bond acceptors (Lipinski definition) is 4. The lowest BCUT2D eigenvalue weighted by molar-refractivity contribution is -0.139. The number of likely N-dealkylation sites (N-methyl/N-ethyl adjacent to an activating group) is 1. The third-order valence-electron chi connectivity index (χ3n) is 6.51. The van der Waals surface area contributed by atoms with Crippen LogP contribution >= 0.6 is 0 Å². The zero-order valence-corrected chi connectivity index (χ0v) is 23.8. The minimum absolute atomic E-state index is 0.0960. The van der Waals surface area contributed by atoms with Crippen LogP contribution < -0.4 is 9.62 Å². The Balaban J connectivity index is 2.07. The molecule has 2 amide bonds. The maximum Gasteiger partial charge on any atom is 0.264 e. The van der Waals surface area contributed by atoms with Crippen LogP contribution in [0.25, 0.3) is 0 Å². The summed E-state index contributed by atoms with van der Waals surface area (Å²) in [6, 6.07) is 19.0. The second-order valence-corrected chi connectivity index (χ2v) is 11.6. The van der Waals surface area contributed by atoms with Crippen molar-refractivity contribution in [2.45, 2.75) is 59.0 Å². The summed E-state index contributed by atoms with van der Waals surface area (Å²) >= 11 is 0. The number of hydrogen-bond donors (Lipinski definition) is 1. The molecule has 0 saturated heterocycles. The van der Waals surface area contributed by atoms with Gasteiger partial charge in [-0.2, -0.15) is 0 Å². The Morgan fingerprint density at radius 1 is 0.842 bits per heavy atom. The van der Waals surface area contributed by atoms with Crippen molar-refractivity contribution in [3.8, 4) is 0 Å². The van der Waals surface area contributed by atoms with E-state index in [0.29, 0.717) is 12.2 Å². The highest BCUT2D eigenvalue weighted by atomic mass is 32.2. The fourth-order valence-electron chi connectivity index (χ4n) is 4.13. The molecule has 0 aliphatic rings. The van der Waals surface area contributed by atoms with Crippen LogP contribution in [0.15, 0.2) is 71.6 Å². The quantitative estimate of drug-likeness (QED) is 0.409. The number of aryl methyl sites for hydroxylation is 4. The Labute approximate surface area is 226 Å². The van der Waals surface area contributed by atoms with Crippen molar-refractivity contribution in [1.82, 2.24) is 10.2 Å². The van der Waals surface area contributed by atoms with E-state index < -0.39 is 28.5 Å². The summed E-state index contributed by atoms with van der Waals surface area (Å²) < 4.78 is 29.0. The molecular formula is C30H37N3O4S. The highest BCUT2D eigenvalue weighted by Gasteiger charge is 2.33. The fourth-order valence-corrected chi connectivity index (χ4v) is 5.60. The molecule has 0 spiro atoms. The van der Waals surface area contributed by atoms with Gasteiger partial charge in [0.2, 0.25) is 11.8 Å². The van der Waals surface area contributed by atoms with Crippen molar-refractivity contribution < 1.29 is 18.0 Å². The van der Waals surface area contributed by atoms with E-state index in [1.165, 1.54) is 4.90 Å². The van der Waals surface area contributed by atoms with Crippen LogP contribution in [0.5, 0.6) is 0 Å².